The van der Waals surface area contributed by atoms with Crippen molar-refractivity contribution in [3.05, 3.63) is 93.1 Å². The van der Waals surface area contributed by atoms with Crippen molar-refractivity contribution < 1.29 is 70.2 Å². The lowest BCUT2D eigenvalue weighted by Crippen LogP contribution is -2.08. The van der Waals surface area contributed by atoms with Gasteiger partial charge < -0.3 is 0 Å². The summed E-state index contributed by atoms with van der Waals surface area (Å²) < 4.78 is 212. The minimum atomic E-state index is -2.26. The maximum absolute atomic E-state index is 13.7. The third kappa shape index (κ3) is 4.41. The molecule has 5 aromatic rings. The summed E-state index contributed by atoms with van der Waals surface area (Å²) in [4.78, 5) is -3.51. The van der Waals surface area contributed by atoms with Crippen LogP contribution in [0.4, 0.5) is 70.2 Å². The van der Waals surface area contributed by atoms with Gasteiger partial charge in [0.15, 0.2) is 93.1 Å². The summed E-state index contributed by atoms with van der Waals surface area (Å²) in [6, 6.07) is 0. The van der Waals surface area contributed by atoms with Gasteiger partial charge in [-0.15, -0.1) is 11.3 Å². The van der Waals surface area contributed by atoms with Gasteiger partial charge >= 0.3 is 0 Å². The Labute approximate surface area is 237 Å². The van der Waals surface area contributed by atoms with Crippen molar-refractivity contribution in [2.24, 2.45) is 0 Å². The molecule has 0 spiro atoms. The second-order valence-electron chi connectivity index (χ2n) is 8.05. The molecule has 0 saturated heterocycles. The van der Waals surface area contributed by atoms with Gasteiger partial charge in [-0.05, 0) is 0 Å². The molecule has 0 fully saturated rings. The topological polar surface area (TPSA) is 0 Å². The average molecular weight is 688 g/mol. The predicted octanol–water partition coefficient (Wildman–Crippen LogP) is 10.6. The SMILES string of the molecule is Fc1c(F)c(F)c2c(c1F)Sc1c(F)c(F)c(F)c(F)c1S2.Fc1c(F)c(F)c2c(sc3c(F)c(F)c(F)c(F)c32)c1F. The summed E-state index contributed by atoms with van der Waals surface area (Å²) in [6.45, 7) is 0. The third-order valence-electron chi connectivity index (χ3n) is 5.68. The van der Waals surface area contributed by atoms with E-state index in [4.69, 9.17) is 0 Å². The molecule has 0 aliphatic carbocycles. The number of hydrogen-bond donors (Lipinski definition) is 0. The second-order valence-corrected chi connectivity index (χ2v) is 11.1. The molecule has 0 saturated carbocycles. The van der Waals surface area contributed by atoms with Gasteiger partial charge in [0.05, 0.1) is 29.0 Å². The zero-order chi connectivity index (χ0) is 32.0. The van der Waals surface area contributed by atoms with E-state index in [0.29, 0.717) is 0 Å². The first-order chi connectivity index (χ1) is 20.0. The fourth-order valence-corrected chi connectivity index (χ4v) is 7.22. The van der Waals surface area contributed by atoms with E-state index >= 15 is 0 Å². The molecule has 0 radical (unpaired) electrons. The normalized spacial score (nSPS) is 12.5. The van der Waals surface area contributed by atoms with Gasteiger partial charge in [-0.2, -0.15) is 0 Å². The molecule has 226 valence electrons. The van der Waals surface area contributed by atoms with Crippen molar-refractivity contribution in [2.45, 2.75) is 19.6 Å². The smallest absolute Gasteiger partial charge is 0.198 e. The Balaban J connectivity index is 0.000000171. The fraction of sp³-hybridized carbons (Fsp3) is 0. The summed E-state index contributed by atoms with van der Waals surface area (Å²) in [7, 11) is 0. The first-order valence-electron chi connectivity index (χ1n) is 10.5. The van der Waals surface area contributed by atoms with Crippen LogP contribution < -0.4 is 0 Å². The third-order valence-corrected chi connectivity index (χ3v) is 9.46. The highest BCUT2D eigenvalue weighted by atomic mass is 32.2. The maximum atomic E-state index is 13.7. The molecular weight excluding hydrogens is 688 g/mol. The van der Waals surface area contributed by atoms with Crippen molar-refractivity contribution in [3.8, 4) is 0 Å². The van der Waals surface area contributed by atoms with Crippen molar-refractivity contribution in [1.29, 1.82) is 0 Å². The van der Waals surface area contributed by atoms with E-state index in [0.717, 1.165) is 0 Å². The average Bonchev–Trinajstić information content (AvgIpc) is 3.41. The number of halogens is 16. The standard InChI is InChI=1S/C12F8S2.C12F8S/c13-1-2(14)6(18)10-9(5(1)17)21-11-7(19)3(15)4(16)8(20)12(11)22-10;13-3-1-2-4(14)6(16)8(18)10(20)12(2)21-11(1)9(19)7(17)5(3)15. The van der Waals surface area contributed by atoms with Crippen LogP contribution in [0.1, 0.15) is 0 Å². The molecule has 0 atom stereocenters. The largest absolute Gasteiger partial charge is 0.203 e. The fourth-order valence-electron chi connectivity index (χ4n) is 3.71. The van der Waals surface area contributed by atoms with Crippen LogP contribution in [0.15, 0.2) is 19.6 Å². The quantitative estimate of drug-likeness (QED) is 0.0885. The highest BCUT2D eigenvalue weighted by Crippen LogP contribution is 2.53. The number of thiophene rings is 1. The molecule has 2 heterocycles. The Hall–Kier alpha value is -3.32. The Morgan fingerprint density at radius 3 is 0.698 bits per heavy atom. The summed E-state index contributed by atoms with van der Waals surface area (Å²) in [5, 5.41) is -2.36. The van der Waals surface area contributed by atoms with Gasteiger partial charge in [0.25, 0.3) is 0 Å². The van der Waals surface area contributed by atoms with Crippen LogP contribution >= 0.6 is 34.9 Å². The minimum absolute atomic E-state index is 0.0544. The monoisotopic (exact) mass is 688 g/mol. The van der Waals surface area contributed by atoms with Crippen molar-refractivity contribution >= 4 is 55.0 Å². The molecule has 43 heavy (non-hydrogen) atoms. The summed E-state index contributed by atoms with van der Waals surface area (Å²) >= 11 is -0.163. The van der Waals surface area contributed by atoms with Crippen molar-refractivity contribution in [3.63, 3.8) is 0 Å². The molecule has 1 aliphatic heterocycles. The minimum Gasteiger partial charge on any atom is -0.203 e. The van der Waals surface area contributed by atoms with E-state index in [1.165, 1.54) is 0 Å². The molecular formula is C24F16S3. The molecule has 1 aliphatic rings. The van der Waals surface area contributed by atoms with Crippen LogP contribution in [0.2, 0.25) is 0 Å². The van der Waals surface area contributed by atoms with Crippen molar-refractivity contribution in [1.82, 2.24) is 0 Å². The summed E-state index contributed by atoms with van der Waals surface area (Å²) in [5.74, 6) is -32.6. The zero-order valence-electron chi connectivity index (χ0n) is 19.3. The van der Waals surface area contributed by atoms with E-state index in [9.17, 15) is 70.2 Å². The van der Waals surface area contributed by atoms with E-state index in [-0.39, 0.29) is 34.9 Å². The molecule has 0 nitrogen and oxygen atoms in total. The predicted molar refractivity (Wildman–Crippen MR) is 120 cm³/mol. The lowest BCUT2D eigenvalue weighted by molar-refractivity contribution is 0.378. The second kappa shape index (κ2) is 10.7. The molecule has 19 heteroatoms. The Morgan fingerprint density at radius 2 is 0.442 bits per heavy atom. The van der Waals surface area contributed by atoms with Gasteiger partial charge in [-0.25, -0.2) is 70.2 Å². The molecule has 0 amide bonds. The Kier molecular flexibility index (Phi) is 7.73. The zero-order valence-corrected chi connectivity index (χ0v) is 21.7. The first-order valence-corrected chi connectivity index (χ1v) is 12.9. The summed E-state index contributed by atoms with van der Waals surface area (Å²) in [5.41, 5.74) is 0. The number of hydrogen-bond acceptors (Lipinski definition) is 3. The summed E-state index contributed by atoms with van der Waals surface area (Å²) in [6.07, 6.45) is 0. The number of benzene rings is 4. The van der Waals surface area contributed by atoms with Crippen LogP contribution in [-0.4, -0.2) is 0 Å². The van der Waals surface area contributed by atoms with Crippen LogP contribution in [0.25, 0.3) is 20.2 Å². The molecule has 1 aromatic heterocycles. The van der Waals surface area contributed by atoms with E-state index in [1.54, 1.807) is 0 Å². The molecule has 6 rings (SSSR count). The maximum Gasteiger partial charge on any atom is 0.198 e. The highest BCUT2D eigenvalue weighted by molar-refractivity contribution is 8.05. The molecule has 0 bridgehead atoms. The molecule has 4 aromatic carbocycles. The van der Waals surface area contributed by atoms with Crippen LogP contribution in [-0.2, 0) is 0 Å². The van der Waals surface area contributed by atoms with Gasteiger partial charge in [-0.1, -0.05) is 23.5 Å². The Morgan fingerprint density at radius 1 is 0.233 bits per heavy atom. The Bertz CT molecular complexity index is 1840. The van der Waals surface area contributed by atoms with Crippen LogP contribution in [0.3, 0.4) is 0 Å². The number of rotatable bonds is 0. The first kappa shape index (κ1) is 31.1. The lowest BCUT2D eigenvalue weighted by Gasteiger charge is -2.21. The van der Waals surface area contributed by atoms with Crippen LogP contribution in [0.5, 0.6) is 0 Å². The highest BCUT2D eigenvalue weighted by Gasteiger charge is 2.36. The van der Waals surface area contributed by atoms with Gasteiger partial charge in [-0.3, -0.25) is 0 Å². The lowest BCUT2D eigenvalue weighted by atomic mass is 10.1. The van der Waals surface area contributed by atoms with E-state index in [1.807, 2.05) is 0 Å². The van der Waals surface area contributed by atoms with Crippen LogP contribution in [0, 0.1) is 93.1 Å². The molecule has 0 unspecified atom stereocenters. The van der Waals surface area contributed by atoms with Crippen molar-refractivity contribution in [2.75, 3.05) is 0 Å². The van der Waals surface area contributed by atoms with E-state index < -0.39 is 133 Å². The van der Waals surface area contributed by atoms with Gasteiger partial charge in [0.1, 0.15) is 0 Å². The van der Waals surface area contributed by atoms with E-state index in [2.05, 4.69) is 0 Å². The van der Waals surface area contributed by atoms with Gasteiger partial charge in [0.2, 0.25) is 0 Å². The van der Waals surface area contributed by atoms with Gasteiger partial charge in [0, 0.05) is 10.8 Å². The number of fused-ring (bicyclic) bond motifs is 5. The molecule has 0 N–H and O–H groups in total.